The maximum Gasteiger partial charge on any atom is 0.251 e. The summed E-state index contributed by atoms with van der Waals surface area (Å²) in [5.74, 6) is 0.733. The Morgan fingerprint density at radius 3 is 2.42 bits per heavy atom. The van der Waals surface area contributed by atoms with Crippen molar-refractivity contribution in [3.8, 4) is 0 Å². The number of amides is 2. The van der Waals surface area contributed by atoms with Crippen LogP contribution in [0, 0.1) is 25.7 Å². The van der Waals surface area contributed by atoms with Crippen LogP contribution in [-0.2, 0) is 11.3 Å². The summed E-state index contributed by atoms with van der Waals surface area (Å²) >= 11 is 9.29. The van der Waals surface area contributed by atoms with E-state index < -0.39 is 0 Å². The zero-order valence-electron chi connectivity index (χ0n) is 17.8. The molecule has 4 rings (SSSR count). The highest BCUT2D eigenvalue weighted by Gasteiger charge is 2.41. The van der Waals surface area contributed by atoms with Crippen molar-refractivity contribution in [2.75, 3.05) is 32.7 Å². The van der Waals surface area contributed by atoms with Gasteiger partial charge in [-0.1, -0.05) is 35.4 Å². The quantitative estimate of drug-likeness (QED) is 0.669. The van der Waals surface area contributed by atoms with Crippen molar-refractivity contribution in [2.45, 2.75) is 20.4 Å². The zero-order valence-corrected chi connectivity index (χ0v) is 20.2. The number of benzene rings is 2. The molecule has 2 unspecified atom stereocenters. The minimum absolute atomic E-state index is 0.0169. The molecule has 1 N–H and O–H groups in total. The molecule has 7 heteroatoms. The van der Waals surface area contributed by atoms with Gasteiger partial charge in [-0.2, -0.15) is 0 Å². The van der Waals surface area contributed by atoms with Gasteiger partial charge in [-0.3, -0.25) is 14.5 Å². The summed E-state index contributed by atoms with van der Waals surface area (Å²) in [7, 11) is 0. The van der Waals surface area contributed by atoms with Crippen molar-refractivity contribution in [3.05, 3.63) is 68.1 Å². The van der Waals surface area contributed by atoms with Gasteiger partial charge in [-0.05, 0) is 70.9 Å². The van der Waals surface area contributed by atoms with Gasteiger partial charge in [0.05, 0.1) is 11.6 Å². The minimum Gasteiger partial charge on any atom is -0.343 e. The van der Waals surface area contributed by atoms with Gasteiger partial charge >= 0.3 is 0 Å². The lowest BCUT2D eigenvalue weighted by atomic mass is 10.0. The van der Waals surface area contributed by atoms with E-state index >= 15 is 0 Å². The van der Waals surface area contributed by atoms with Crippen LogP contribution in [-0.4, -0.2) is 54.3 Å². The van der Waals surface area contributed by atoms with Crippen molar-refractivity contribution in [1.82, 2.24) is 15.1 Å². The largest absolute Gasteiger partial charge is 0.343 e. The van der Waals surface area contributed by atoms with E-state index in [9.17, 15) is 9.59 Å². The van der Waals surface area contributed by atoms with Gasteiger partial charge in [0.25, 0.3) is 5.91 Å². The SMILES string of the molecule is Cc1ccc(CN2CC3CN(C(=O)CNC(=O)c4ccc(Cl)c(Br)c4)CC3C2)c(C)c1. The smallest absolute Gasteiger partial charge is 0.251 e. The van der Waals surface area contributed by atoms with Crippen molar-refractivity contribution < 1.29 is 9.59 Å². The van der Waals surface area contributed by atoms with Gasteiger partial charge in [0.15, 0.2) is 0 Å². The van der Waals surface area contributed by atoms with E-state index in [4.69, 9.17) is 11.6 Å². The first-order valence-corrected chi connectivity index (χ1v) is 11.8. The van der Waals surface area contributed by atoms with Crippen LogP contribution in [0.4, 0.5) is 0 Å². The number of aryl methyl sites for hydroxylation is 2. The first-order chi connectivity index (χ1) is 14.8. The Morgan fingerprint density at radius 1 is 1.06 bits per heavy atom. The summed E-state index contributed by atoms with van der Waals surface area (Å²) in [6.45, 7) is 8.88. The Labute approximate surface area is 196 Å². The normalized spacial score (nSPS) is 20.7. The molecule has 2 heterocycles. The number of nitrogens with zero attached hydrogens (tertiary/aromatic N) is 2. The number of rotatable bonds is 5. The van der Waals surface area contributed by atoms with Gasteiger partial charge < -0.3 is 10.2 Å². The van der Waals surface area contributed by atoms with Crippen LogP contribution < -0.4 is 5.32 Å². The van der Waals surface area contributed by atoms with E-state index in [0.29, 0.717) is 26.9 Å². The molecule has 2 aliphatic heterocycles. The molecular weight excluding hydrogens is 478 g/mol. The Morgan fingerprint density at radius 2 is 1.77 bits per heavy atom. The monoisotopic (exact) mass is 503 g/mol. The second-order valence-corrected chi connectivity index (χ2v) is 10.0. The molecule has 2 saturated heterocycles. The summed E-state index contributed by atoms with van der Waals surface area (Å²) in [5.41, 5.74) is 4.50. The van der Waals surface area contributed by atoms with Crippen molar-refractivity contribution in [3.63, 3.8) is 0 Å². The average molecular weight is 505 g/mol. The number of fused-ring (bicyclic) bond motifs is 1. The van der Waals surface area contributed by atoms with Crippen LogP contribution in [0.15, 0.2) is 40.9 Å². The van der Waals surface area contributed by atoms with Crippen LogP contribution in [0.3, 0.4) is 0 Å². The van der Waals surface area contributed by atoms with Crippen LogP contribution in [0.5, 0.6) is 0 Å². The molecule has 0 radical (unpaired) electrons. The van der Waals surface area contributed by atoms with Crippen molar-refractivity contribution in [1.29, 1.82) is 0 Å². The molecule has 2 aromatic carbocycles. The number of hydrogen-bond donors (Lipinski definition) is 1. The van der Waals surface area contributed by atoms with Gasteiger partial charge in [-0.15, -0.1) is 0 Å². The fraction of sp³-hybridized carbons (Fsp3) is 0.417. The summed E-state index contributed by atoms with van der Waals surface area (Å²) < 4.78 is 0.658. The molecule has 0 saturated carbocycles. The second-order valence-electron chi connectivity index (χ2n) is 8.75. The van der Waals surface area contributed by atoms with E-state index in [2.05, 4.69) is 58.2 Å². The predicted octanol–water partition coefficient (Wildman–Crippen LogP) is 4.04. The highest BCUT2D eigenvalue weighted by atomic mass is 79.9. The number of carbonyl (C=O) groups is 2. The Bertz CT molecular complexity index is 998. The highest BCUT2D eigenvalue weighted by Crippen LogP contribution is 2.32. The Hall–Kier alpha value is -1.89. The lowest BCUT2D eigenvalue weighted by molar-refractivity contribution is -0.129. The molecular formula is C24H27BrClN3O2. The maximum absolute atomic E-state index is 12.6. The molecule has 0 spiro atoms. The number of likely N-dealkylation sites (tertiary alicyclic amines) is 2. The van der Waals surface area contributed by atoms with Crippen LogP contribution >= 0.6 is 27.5 Å². The molecule has 0 aliphatic carbocycles. The number of nitrogens with one attached hydrogen (secondary N) is 1. The molecule has 164 valence electrons. The molecule has 0 aromatic heterocycles. The molecule has 2 aliphatic rings. The van der Waals surface area contributed by atoms with E-state index in [-0.39, 0.29) is 18.4 Å². The average Bonchev–Trinajstić information content (AvgIpc) is 3.29. The van der Waals surface area contributed by atoms with Crippen molar-refractivity contribution >= 4 is 39.3 Å². The minimum atomic E-state index is -0.273. The third-order valence-electron chi connectivity index (χ3n) is 6.39. The first kappa shape index (κ1) is 22.3. The van der Waals surface area contributed by atoms with Gasteiger partial charge in [0.2, 0.25) is 5.91 Å². The zero-order chi connectivity index (χ0) is 22.1. The van der Waals surface area contributed by atoms with Crippen LogP contribution in [0.1, 0.15) is 27.0 Å². The fourth-order valence-electron chi connectivity index (χ4n) is 4.69. The maximum atomic E-state index is 12.6. The molecule has 0 bridgehead atoms. The van der Waals surface area contributed by atoms with Gasteiger partial charge in [-0.25, -0.2) is 0 Å². The van der Waals surface area contributed by atoms with E-state index in [1.54, 1.807) is 18.2 Å². The lowest BCUT2D eigenvalue weighted by Crippen LogP contribution is -2.40. The van der Waals surface area contributed by atoms with Gasteiger partial charge in [0.1, 0.15) is 0 Å². The number of hydrogen-bond acceptors (Lipinski definition) is 3. The third-order valence-corrected chi connectivity index (χ3v) is 7.60. The summed E-state index contributed by atoms with van der Waals surface area (Å²) in [6, 6.07) is 11.6. The van der Waals surface area contributed by atoms with E-state index in [0.717, 1.165) is 32.7 Å². The van der Waals surface area contributed by atoms with E-state index in [1.165, 1.54) is 16.7 Å². The van der Waals surface area contributed by atoms with Crippen LogP contribution in [0.2, 0.25) is 5.02 Å². The topological polar surface area (TPSA) is 52.6 Å². The first-order valence-electron chi connectivity index (χ1n) is 10.6. The summed E-state index contributed by atoms with van der Waals surface area (Å²) in [6.07, 6.45) is 0. The molecule has 2 fully saturated rings. The molecule has 2 amide bonds. The highest BCUT2D eigenvalue weighted by molar-refractivity contribution is 9.10. The van der Waals surface area contributed by atoms with Crippen molar-refractivity contribution in [2.24, 2.45) is 11.8 Å². The molecule has 5 nitrogen and oxygen atoms in total. The molecule has 31 heavy (non-hydrogen) atoms. The third kappa shape index (κ3) is 5.13. The number of halogens is 2. The molecule has 2 aromatic rings. The number of carbonyl (C=O) groups excluding carboxylic acids is 2. The standard InChI is InChI=1S/C24H27BrClN3O2/c1-15-3-4-18(16(2)7-15)10-28-11-19-13-29(14-20(19)12-28)23(30)9-27-24(31)17-5-6-22(26)21(25)8-17/h3-8,19-20H,9-14H2,1-2H3,(H,27,31). The van der Waals surface area contributed by atoms with E-state index in [1.807, 2.05) is 4.90 Å². The second kappa shape index (κ2) is 9.31. The lowest BCUT2D eigenvalue weighted by Gasteiger charge is -2.22. The predicted molar refractivity (Wildman–Crippen MR) is 126 cm³/mol. The van der Waals surface area contributed by atoms with Gasteiger partial charge in [0, 0.05) is 42.8 Å². The summed E-state index contributed by atoms with van der Waals surface area (Å²) in [5, 5.41) is 3.28. The fourth-order valence-corrected chi connectivity index (χ4v) is 5.19. The summed E-state index contributed by atoms with van der Waals surface area (Å²) in [4.78, 5) is 29.4. The van der Waals surface area contributed by atoms with Crippen LogP contribution in [0.25, 0.3) is 0 Å². The Balaban J connectivity index is 1.26. The Kier molecular flexibility index (Phi) is 6.70. The molecule has 2 atom stereocenters.